The Morgan fingerprint density at radius 3 is 2.42 bits per heavy atom. The predicted molar refractivity (Wildman–Crippen MR) is 56.7 cm³/mol. The topological polar surface area (TPSA) is 23.8 Å². The molecule has 1 aromatic rings. The summed E-state index contributed by atoms with van der Waals surface area (Å²) >= 11 is 6.63. The highest BCUT2D eigenvalue weighted by atomic mass is 79.9. The Labute approximate surface area is 88.0 Å². The van der Waals surface area contributed by atoms with Gasteiger partial charge >= 0.3 is 0 Å². The van der Waals surface area contributed by atoms with Gasteiger partial charge in [-0.05, 0) is 33.6 Å². The number of halogens is 2. The molecule has 1 aromatic carbocycles. The average molecular weight is 287 g/mol. The molecule has 0 fully saturated rings. The second-order valence-electron chi connectivity index (χ2n) is 2.13. The minimum absolute atomic E-state index is 0.803. The quantitative estimate of drug-likeness (QED) is 0.722. The van der Waals surface area contributed by atoms with E-state index >= 15 is 0 Å². The standard InChI is InChI=1S/C9H5Br2N/c10-8-3-1-7(2-4-8)9(11)5-6-12/h1-5H/b9-5-. The zero-order valence-electron chi connectivity index (χ0n) is 6.09. The first-order valence-electron chi connectivity index (χ1n) is 3.25. The molecular weight excluding hydrogens is 282 g/mol. The van der Waals surface area contributed by atoms with Gasteiger partial charge in [-0.15, -0.1) is 0 Å². The van der Waals surface area contributed by atoms with E-state index < -0.39 is 0 Å². The molecule has 60 valence electrons. The highest BCUT2D eigenvalue weighted by molar-refractivity contribution is 9.15. The molecule has 0 unspecified atom stereocenters. The molecule has 0 heterocycles. The van der Waals surface area contributed by atoms with Crippen LogP contribution in [0.3, 0.4) is 0 Å². The van der Waals surface area contributed by atoms with Crippen LogP contribution in [-0.2, 0) is 0 Å². The maximum atomic E-state index is 8.39. The lowest BCUT2D eigenvalue weighted by Gasteiger charge is -1.96. The van der Waals surface area contributed by atoms with E-state index in [1.165, 1.54) is 6.08 Å². The summed E-state index contributed by atoms with van der Waals surface area (Å²) in [5, 5.41) is 8.39. The number of rotatable bonds is 1. The lowest BCUT2D eigenvalue weighted by Crippen LogP contribution is -1.74. The van der Waals surface area contributed by atoms with Crippen molar-refractivity contribution in [2.75, 3.05) is 0 Å². The van der Waals surface area contributed by atoms with E-state index in [1.807, 2.05) is 30.3 Å². The Balaban J connectivity index is 2.99. The smallest absolute Gasteiger partial charge is 0.0924 e. The molecule has 1 rings (SSSR count). The molecule has 0 aliphatic heterocycles. The Morgan fingerprint density at radius 1 is 1.33 bits per heavy atom. The summed E-state index contributed by atoms with van der Waals surface area (Å²) in [6.45, 7) is 0. The van der Waals surface area contributed by atoms with Crippen molar-refractivity contribution in [3.05, 3.63) is 40.4 Å². The van der Waals surface area contributed by atoms with Crippen LogP contribution >= 0.6 is 31.9 Å². The number of hydrogen-bond acceptors (Lipinski definition) is 1. The molecule has 0 amide bonds. The second kappa shape index (κ2) is 4.44. The van der Waals surface area contributed by atoms with Crippen molar-refractivity contribution in [3.63, 3.8) is 0 Å². The van der Waals surface area contributed by atoms with Gasteiger partial charge in [0, 0.05) is 15.0 Å². The van der Waals surface area contributed by atoms with E-state index in [4.69, 9.17) is 5.26 Å². The van der Waals surface area contributed by atoms with E-state index in [0.29, 0.717) is 0 Å². The monoisotopic (exact) mass is 285 g/mol. The maximum Gasteiger partial charge on any atom is 0.0924 e. The largest absolute Gasteiger partial charge is 0.193 e. The van der Waals surface area contributed by atoms with Gasteiger partial charge in [0.15, 0.2) is 0 Å². The predicted octanol–water partition coefficient (Wildman–Crippen LogP) is 3.71. The van der Waals surface area contributed by atoms with Crippen LogP contribution in [0.5, 0.6) is 0 Å². The summed E-state index contributed by atoms with van der Waals surface area (Å²) in [6, 6.07) is 9.69. The molecule has 0 atom stereocenters. The Kier molecular flexibility index (Phi) is 3.51. The molecule has 0 radical (unpaired) electrons. The maximum absolute atomic E-state index is 8.39. The highest BCUT2D eigenvalue weighted by Gasteiger charge is 1.95. The lowest BCUT2D eigenvalue weighted by molar-refractivity contribution is 1.53. The summed E-state index contributed by atoms with van der Waals surface area (Å²) in [6.07, 6.45) is 1.46. The number of benzene rings is 1. The van der Waals surface area contributed by atoms with E-state index in [0.717, 1.165) is 14.5 Å². The zero-order chi connectivity index (χ0) is 8.97. The van der Waals surface area contributed by atoms with Gasteiger partial charge in [-0.3, -0.25) is 0 Å². The van der Waals surface area contributed by atoms with Gasteiger partial charge in [-0.2, -0.15) is 5.26 Å². The molecule has 1 nitrogen and oxygen atoms in total. The van der Waals surface area contributed by atoms with Crippen molar-refractivity contribution < 1.29 is 0 Å². The van der Waals surface area contributed by atoms with Crippen molar-refractivity contribution in [3.8, 4) is 6.07 Å². The third kappa shape index (κ3) is 2.47. The van der Waals surface area contributed by atoms with Crippen LogP contribution in [0.4, 0.5) is 0 Å². The molecule has 0 aliphatic carbocycles. The third-order valence-electron chi connectivity index (χ3n) is 1.31. The van der Waals surface area contributed by atoms with E-state index in [9.17, 15) is 0 Å². The van der Waals surface area contributed by atoms with Crippen LogP contribution in [0.15, 0.2) is 34.8 Å². The fourth-order valence-corrected chi connectivity index (χ4v) is 1.38. The van der Waals surface area contributed by atoms with E-state index in [2.05, 4.69) is 31.9 Å². The van der Waals surface area contributed by atoms with Gasteiger partial charge in [-0.25, -0.2) is 0 Å². The minimum atomic E-state index is 0.803. The summed E-state index contributed by atoms with van der Waals surface area (Å²) in [5.74, 6) is 0. The lowest BCUT2D eigenvalue weighted by atomic mass is 10.2. The molecule has 0 N–H and O–H groups in total. The Bertz CT molecular complexity index is 333. The van der Waals surface area contributed by atoms with Gasteiger partial charge in [0.2, 0.25) is 0 Å². The normalized spacial score (nSPS) is 10.9. The fourth-order valence-electron chi connectivity index (χ4n) is 0.749. The zero-order valence-corrected chi connectivity index (χ0v) is 9.26. The SMILES string of the molecule is N#C/C=C(\Br)c1ccc(Br)cc1. The fraction of sp³-hybridized carbons (Fsp3) is 0. The molecule has 0 aromatic heterocycles. The number of nitriles is 1. The first-order valence-corrected chi connectivity index (χ1v) is 4.84. The first-order chi connectivity index (χ1) is 5.74. The molecule has 3 heteroatoms. The van der Waals surface area contributed by atoms with Gasteiger partial charge in [0.1, 0.15) is 0 Å². The molecule has 0 saturated heterocycles. The number of allylic oxidation sites excluding steroid dienone is 1. The second-order valence-corrected chi connectivity index (χ2v) is 3.90. The molecule has 12 heavy (non-hydrogen) atoms. The Hall–Kier alpha value is -0.590. The van der Waals surface area contributed by atoms with Crippen LogP contribution in [0, 0.1) is 11.3 Å². The number of hydrogen-bond donors (Lipinski definition) is 0. The van der Waals surface area contributed by atoms with Crippen molar-refractivity contribution in [1.82, 2.24) is 0 Å². The van der Waals surface area contributed by atoms with Crippen molar-refractivity contribution in [2.45, 2.75) is 0 Å². The summed E-state index contributed by atoms with van der Waals surface area (Å²) in [4.78, 5) is 0. The van der Waals surface area contributed by atoms with Crippen LogP contribution in [0.25, 0.3) is 4.48 Å². The molecule has 0 bridgehead atoms. The first kappa shape index (κ1) is 9.50. The van der Waals surface area contributed by atoms with Crippen LogP contribution in [-0.4, -0.2) is 0 Å². The van der Waals surface area contributed by atoms with Crippen LogP contribution in [0.2, 0.25) is 0 Å². The average Bonchev–Trinajstić information content (AvgIpc) is 2.06. The Morgan fingerprint density at radius 2 is 1.92 bits per heavy atom. The summed E-state index contributed by atoms with van der Waals surface area (Å²) in [5.41, 5.74) is 1.000. The van der Waals surface area contributed by atoms with E-state index in [-0.39, 0.29) is 0 Å². The summed E-state index contributed by atoms with van der Waals surface area (Å²) in [7, 11) is 0. The van der Waals surface area contributed by atoms with Gasteiger partial charge < -0.3 is 0 Å². The van der Waals surface area contributed by atoms with Crippen molar-refractivity contribution in [2.24, 2.45) is 0 Å². The minimum Gasteiger partial charge on any atom is -0.193 e. The van der Waals surface area contributed by atoms with Gasteiger partial charge in [0.25, 0.3) is 0 Å². The van der Waals surface area contributed by atoms with Crippen molar-refractivity contribution in [1.29, 1.82) is 5.26 Å². The number of nitrogens with zero attached hydrogens (tertiary/aromatic N) is 1. The molecule has 0 aliphatic rings. The van der Waals surface area contributed by atoms with Crippen molar-refractivity contribution >= 4 is 36.3 Å². The van der Waals surface area contributed by atoms with Crippen LogP contribution in [0.1, 0.15) is 5.56 Å². The molecule has 0 saturated carbocycles. The van der Waals surface area contributed by atoms with Crippen LogP contribution < -0.4 is 0 Å². The van der Waals surface area contributed by atoms with Gasteiger partial charge in [0.05, 0.1) is 6.07 Å². The summed E-state index contributed by atoms with van der Waals surface area (Å²) < 4.78 is 1.83. The third-order valence-corrected chi connectivity index (χ3v) is 2.53. The van der Waals surface area contributed by atoms with Gasteiger partial charge in [-0.1, -0.05) is 28.1 Å². The molecule has 0 spiro atoms. The molecular formula is C9H5Br2N. The van der Waals surface area contributed by atoms with E-state index in [1.54, 1.807) is 0 Å². The highest BCUT2D eigenvalue weighted by Crippen LogP contribution is 2.22.